The van der Waals surface area contributed by atoms with E-state index in [0.717, 1.165) is 10.6 Å². The number of hydrogen-bond acceptors (Lipinski definition) is 5. The molecule has 1 aromatic rings. The molecule has 1 aromatic heterocycles. The Morgan fingerprint density at radius 1 is 1.45 bits per heavy atom. The van der Waals surface area contributed by atoms with Gasteiger partial charge in [-0.15, -0.1) is 24.0 Å². The summed E-state index contributed by atoms with van der Waals surface area (Å²) < 4.78 is 5.40. The van der Waals surface area contributed by atoms with Gasteiger partial charge in [0.15, 0.2) is 0 Å². The fourth-order valence-corrected chi connectivity index (χ4v) is 5.22. The molecule has 0 fully saturated rings. The average molecular weight is 338 g/mol. The van der Waals surface area contributed by atoms with Gasteiger partial charge >= 0.3 is 0 Å². The number of thiol groups is 1. The molecule has 2 heterocycles. The second-order valence-electron chi connectivity index (χ2n) is 6.16. The Labute approximate surface area is 141 Å². The van der Waals surface area contributed by atoms with Crippen LogP contribution in [0.3, 0.4) is 0 Å². The van der Waals surface area contributed by atoms with Gasteiger partial charge in [-0.2, -0.15) is 0 Å². The average Bonchev–Trinajstić information content (AvgIpc) is 2.97. The van der Waals surface area contributed by atoms with Crippen molar-refractivity contribution in [1.29, 1.82) is 0 Å². The Bertz CT molecular complexity index is 656. The van der Waals surface area contributed by atoms with Crippen LogP contribution in [0.2, 0.25) is 0 Å². The van der Waals surface area contributed by atoms with Gasteiger partial charge in [0.25, 0.3) is 0 Å². The number of aryl methyl sites for hydroxylation is 1. The minimum Gasteiger partial charge on any atom is -0.396 e. The van der Waals surface area contributed by atoms with Crippen LogP contribution in [0.15, 0.2) is 16.6 Å². The highest BCUT2D eigenvalue weighted by Crippen LogP contribution is 2.50. The van der Waals surface area contributed by atoms with Gasteiger partial charge in [0.2, 0.25) is 0 Å². The molecule has 2 aliphatic rings. The SMILES string of the molecule is COCC1=CC(CO)C2N/C(=C(\C)S)c3sc(C)c(C)c3C12. The van der Waals surface area contributed by atoms with Crippen LogP contribution >= 0.6 is 24.0 Å². The molecule has 0 saturated heterocycles. The molecule has 1 aliphatic carbocycles. The van der Waals surface area contributed by atoms with E-state index in [0.29, 0.717) is 6.61 Å². The van der Waals surface area contributed by atoms with Crippen molar-refractivity contribution in [2.45, 2.75) is 32.7 Å². The number of thiophene rings is 1. The highest BCUT2D eigenvalue weighted by Gasteiger charge is 2.44. The summed E-state index contributed by atoms with van der Waals surface area (Å²) in [5.74, 6) is 0.402. The molecule has 0 saturated carbocycles. The Hall–Kier alpha value is -0.750. The molecule has 3 nitrogen and oxygen atoms in total. The maximum atomic E-state index is 9.78. The Balaban J connectivity index is 2.18. The monoisotopic (exact) mass is 337 g/mol. The normalized spacial score (nSPS) is 28.8. The predicted octanol–water partition coefficient (Wildman–Crippen LogP) is 3.23. The summed E-state index contributed by atoms with van der Waals surface area (Å²) in [6.07, 6.45) is 2.19. The van der Waals surface area contributed by atoms with E-state index in [1.807, 2.05) is 18.3 Å². The summed E-state index contributed by atoms with van der Waals surface area (Å²) in [5.41, 5.74) is 5.15. The fraction of sp³-hybridized carbons (Fsp3) is 0.529. The number of ether oxygens (including phenoxy) is 1. The van der Waals surface area contributed by atoms with Gasteiger partial charge in [-0.1, -0.05) is 6.08 Å². The maximum Gasteiger partial charge on any atom is 0.0679 e. The van der Waals surface area contributed by atoms with Gasteiger partial charge < -0.3 is 15.2 Å². The van der Waals surface area contributed by atoms with Crippen LogP contribution in [0.25, 0.3) is 5.70 Å². The number of hydrogen-bond donors (Lipinski definition) is 3. The zero-order valence-electron chi connectivity index (χ0n) is 13.4. The highest BCUT2D eigenvalue weighted by molar-refractivity contribution is 7.84. The van der Waals surface area contributed by atoms with E-state index < -0.39 is 0 Å². The number of rotatable bonds is 3. The Morgan fingerprint density at radius 3 is 2.77 bits per heavy atom. The van der Waals surface area contributed by atoms with Crippen molar-refractivity contribution in [3.05, 3.63) is 37.4 Å². The first-order valence-electron chi connectivity index (χ1n) is 7.56. The molecule has 3 unspecified atom stereocenters. The van der Waals surface area contributed by atoms with Crippen LogP contribution in [0.5, 0.6) is 0 Å². The van der Waals surface area contributed by atoms with Gasteiger partial charge in [-0.05, 0) is 37.5 Å². The maximum absolute atomic E-state index is 9.78. The first kappa shape index (κ1) is 16.1. The van der Waals surface area contributed by atoms with Crippen molar-refractivity contribution in [1.82, 2.24) is 5.32 Å². The van der Waals surface area contributed by atoms with Crippen molar-refractivity contribution in [2.75, 3.05) is 20.3 Å². The number of fused-ring (bicyclic) bond motifs is 3. The van der Waals surface area contributed by atoms with Gasteiger partial charge in [-0.3, -0.25) is 0 Å². The van der Waals surface area contributed by atoms with Crippen LogP contribution < -0.4 is 5.32 Å². The molecule has 2 N–H and O–H groups in total. The third-order valence-electron chi connectivity index (χ3n) is 4.81. The molecule has 0 bridgehead atoms. The lowest BCUT2D eigenvalue weighted by Crippen LogP contribution is -2.42. The minimum absolute atomic E-state index is 0.116. The minimum atomic E-state index is 0.116. The largest absolute Gasteiger partial charge is 0.396 e. The summed E-state index contributed by atoms with van der Waals surface area (Å²) in [4.78, 5) is 3.64. The molecule has 0 radical (unpaired) electrons. The summed E-state index contributed by atoms with van der Waals surface area (Å²) in [6.45, 7) is 7.17. The fourth-order valence-electron chi connectivity index (χ4n) is 3.69. The Morgan fingerprint density at radius 2 is 2.18 bits per heavy atom. The van der Waals surface area contributed by atoms with Crippen molar-refractivity contribution >= 4 is 29.7 Å². The second kappa shape index (κ2) is 6.04. The van der Waals surface area contributed by atoms with E-state index in [2.05, 4.69) is 37.9 Å². The lowest BCUT2D eigenvalue weighted by atomic mass is 9.81. The van der Waals surface area contributed by atoms with Gasteiger partial charge in [0, 0.05) is 34.8 Å². The third kappa shape index (κ3) is 2.35. The van der Waals surface area contributed by atoms with Crippen molar-refractivity contribution in [3.8, 4) is 0 Å². The second-order valence-corrected chi connectivity index (χ2v) is 8.05. The van der Waals surface area contributed by atoms with Gasteiger partial charge in [0.1, 0.15) is 0 Å². The number of aliphatic hydroxyl groups is 1. The van der Waals surface area contributed by atoms with Crippen LogP contribution in [0, 0.1) is 19.8 Å². The van der Waals surface area contributed by atoms with Crippen LogP contribution in [-0.2, 0) is 4.74 Å². The molecule has 5 heteroatoms. The molecular formula is C17H23NO2S2. The van der Waals surface area contributed by atoms with Crippen LogP contribution in [0.1, 0.15) is 33.7 Å². The molecule has 0 spiro atoms. The van der Waals surface area contributed by atoms with E-state index in [1.54, 1.807) is 7.11 Å². The van der Waals surface area contributed by atoms with Crippen molar-refractivity contribution in [2.24, 2.45) is 5.92 Å². The quantitative estimate of drug-likeness (QED) is 0.586. The van der Waals surface area contributed by atoms with Crippen molar-refractivity contribution < 1.29 is 9.84 Å². The molecule has 3 atom stereocenters. The lowest BCUT2D eigenvalue weighted by Gasteiger charge is -2.35. The van der Waals surface area contributed by atoms with Crippen LogP contribution in [-0.4, -0.2) is 31.5 Å². The highest BCUT2D eigenvalue weighted by atomic mass is 32.1. The first-order chi connectivity index (χ1) is 10.5. The summed E-state index contributed by atoms with van der Waals surface area (Å²) in [6, 6.07) is 0.187. The van der Waals surface area contributed by atoms with E-state index in [-0.39, 0.29) is 24.5 Å². The smallest absolute Gasteiger partial charge is 0.0679 e. The van der Waals surface area contributed by atoms with Gasteiger partial charge in [-0.25, -0.2) is 0 Å². The van der Waals surface area contributed by atoms with Crippen molar-refractivity contribution in [3.63, 3.8) is 0 Å². The Kier molecular flexibility index (Phi) is 4.42. The summed E-state index contributed by atoms with van der Waals surface area (Å²) in [7, 11) is 1.73. The van der Waals surface area contributed by atoms with E-state index in [1.165, 1.54) is 26.5 Å². The van der Waals surface area contributed by atoms with E-state index in [9.17, 15) is 5.11 Å². The number of methoxy groups -OCH3 is 1. The zero-order chi connectivity index (χ0) is 16.0. The standard InChI is InChI=1S/C17H23NO2S2/c1-8-10(3)22-17-13(8)14-12(7-20-4)5-11(6-19)16(14)18-15(17)9(2)21/h5,11,14,16,18-19,21H,6-7H2,1-4H3/b15-9+. The number of nitrogens with one attached hydrogen (secondary N) is 1. The molecule has 22 heavy (non-hydrogen) atoms. The summed E-state index contributed by atoms with van der Waals surface area (Å²) >= 11 is 6.41. The zero-order valence-corrected chi connectivity index (χ0v) is 15.1. The van der Waals surface area contributed by atoms with E-state index in [4.69, 9.17) is 4.74 Å². The summed E-state index contributed by atoms with van der Waals surface area (Å²) in [5, 5.41) is 13.4. The number of allylic oxidation sites excluding steroid dienone is 1. The molecule has 120 valence electrons. The number of aliphatic hydroxyl groups excluding tert-OH is 1. The molecular weight excluding hydrogens is 314 g/mol. The molecule has 0 amide bonds. The lowest BCUT2D eigenvalue weighted by molar-refractivity contribution is 0.214. The first-order valence-corrected chi connectivity index (χ1v) is 8.83. The predicted molar refractivity (Wildman–Crippen MR) is 95.6 cm³/mol. The third-order valence-corrected chi connectivity index (χ3v) is 6.28. The van der Waals surface area contributed by atoms with Gasteiger partial charge in [0.05, 0.1) is 23.8 Å². The molecule has 0 aromatic carbocycles. The topological polar surface area (TPSA) is 41.5 Å². The molecule has 1 aliphatic heterocycles. The molecule has 3 rings (SSSR count). The van der Waals surface area contributed by atoms with Crippen LogP contribution in [0.4, 0.5) is 0 Å². The van der Waals surface area contributed by atoms with E-state index >= 15 is 0 Å².